The molecule has 1 aromatic carbocycles. The molecular weight excluding hydrogens is 376 g/mol. The zero-order valence-electron chi connectivity index (χ0n) is 13.4. The number of rotatable bonds is 4. The summed E-state index contributed by atoms with van der Waals surface area (Å²) >= 11 is 7.57. The van der Waals surface area contributed by atoms with Gasteiger partial charge < -0.3 is 4.52 Å². The maximum atomic E-state index is 12.3. The summed E-state index contributed by atoms with van der Waals surface area (Å²) in [6, 6.07) is 8.41. The highest BCUT2D eigenvalue weighted by Gasteiger charge is 2.22. The molecule has 2 aromatic heterocycles. The van der Waals surface area contributed by atoms with E-state index in [9.17, 15) is 9.59 Å². The second-order valence-corrected chi connectivity index (χ2v) is 7.15. The molecule has 26 heavy (non-hydrogen) atoms. The van der Waals surface area contributed by atoms with E-state index in [0.29, 0.717) is 16.6 Å². The van der Waals surface area contributed by atoms with E-state index in [0.717, 1.165) is 28.3 Å². The standard InChI is InChI=1S/C17H13ClN4O3S/c18-11-3-1-10(2-4-11)13-5-16(24)22(9-19-13)6-15(23)20-17-12-7-26-8-14(12)21-25-17/h1-5,9H,6-8H2,(H,20,23). The quantitative estimate of drug-likeness (QED) is 0.739. The van der Waals surface area contributed by atoms with Gasteiger partial charge in [-0.3, -0.25) is 19.5 Å². The molecule has 0 atom stereocenters. The Balaban J connectivity index is 1.48. The maximum Gasteiger partial charge on any atom is 0.254 e. The zero-order valence-corrected chi connectivity index (χ0v) is 15.0. The van der Waals surface area contributed by atoms with Crippen molar-refractivity contribution >= 4 is 35.2 Å². The number of hydrogen-bond donors (Lipinski definition) is 1. The van der Waals surface area contributed by atoms with Gasteiger partial charge in [-0.05, 0) is 12.1 Å². The minimum Gasteiger partial charge on any atom is -0.338 e. The molecule has 1 N–H and O–H groups in total. The van der Waals surface area contributed by atoms with E-state index in [1.165, 1.54) is 17.0 Å². The molecule has 0 bridgehead atoms. The van der Waals surface area contributed by atoms with Gasteiger partial charge in [0.15, 0.2) is 0 Å². The van der Waals surface area contributed by atoms with Crippen molar-refractivity contribution in [1.82, 2.24) is 14.7 Å². The lowest BCUT2D eigenvalue weighted by atomic mass is 10.1. The van der Waals surface area contributed by atoms with Crippen molar-refractivity contribution in [3.8, 4) is 11.3 Å². The first-order valence-corrected chi connectivity index (χ1v) is 9.31. The van der Waals surface area contributed by atoms with E-state index in [4.69, 9.17) is 16.1 Å². The number of fused-ring (bicyclic) bond motifs is 1. The van der Waals surface area contributed by atoms with Gasteiger partial charge in [-0.1, -0.05) is 28.9 Å². The van der Waals surface area contributed by atoms with Gasteiger partial charge in [-0.2, -0.15) is 11.8 Å². The summed E-state index contributed by atoms with van der Waals surface area (Å²) in [6.07, 6.45) is 1.35. The molecule has 0 spiro atoms. The van der Waals surface area contributed by atoms with Crippen LogP contribution in [0.2, 0.25) is 5.02 Å². The fourth-order valence-electron chi connectivity index (χ4n) is 2.60. The van der Waals surface area contributed by atoms with E-state index >= 15 is 0 Å². The number of anilines is 1. The highest BCUT2D eigenvalue weighted by atomic mass is 35.5. The van der Waals surface area contributed by atoms with Crippen LogP contribution in [0.25, 0.3) is 11.3 Å². The van der Waals surface area contributed by atoms with Crippen molar-refractivity contribution in [2.45, 2.75) is 18.1 Å². The lowest BCUT2D eigenvalue weighted by Crippen LogP contribution is -2.27. The van der Waals surface area contributed by atoms with Crippen LogP contribution in [0.5, 0.6) is 0 Å². The number of thioether (sulfide) groups is 1. The van der Waals surface area contributed by atoms with Gasteiger partial charge >= 0.3 is 0 Å². The first-order chi connectivity index (χ1) is 12.6. The first-order valence-electron chi connectivity index (χ1n) is 7.77. The normalized spacial score (nSPS) is 12.8. The molecule has 9 heteroatoms. The third-order valence-corrected chi connectivity index (χ3v) is 5.16. The highest BCUT2D eigenvalue weighted by Crippen LogP contribution is 2.34. The predicted octanol–water partition coefficient (Wildman–Crippen LogP) is 2.94. The third-order valence-electron chi connectivity index (χ3n) is 3.94. The van der Waals surface area contributed by atoms with Gasteiger partial charge in [0.05, 0.1) is 23.3 Å². The topological polar surface area (TPSA) is 90.0 Å². The van der Waals surface area contributed by atoms with Crippen molar-refractivity contribution in [2.75, 3.05) is 5.32 Å². The van der Waals surface area contributed by atoms with Gasteiger partial charge in [-0.25, -0.2) is 4.98 Å². The van der Waals surface area contributed by atoms with Gasteiger partial charge in [0.2, 0.25) is 11.8 Å². The SMILES string of the molecule is O=C(Cn1cnc(-c2ccc(Cl)cc2)cc1=O)Nc1onc2c1CSC2. The Labute approximate surface area is 157 Å². The molecule has 1 amide bonds. The fourth-order valence-corrected chi connectivity index (χ4v) is 3.75. The fraction of sp³-hybridized carbons (Fsp3) is 0.176. The molecule has 3 aromatic rings. The summed E-state index contributed by atoms with van der Waals surface area (Å²) in [5.41, 5.74) is 2.74. The van der Waals surface area contributed by atoms with Crippen LogP contribution in [0, 0.1) is 0 Å². The van der Waals surface area contributed by atoms with Crippen LogP contribution in [-0.2, 0) is 22.8 Å². The van der Waals surface area contributed by atoms with Gasteiger partial charge in [-0.15, -0.1) is 0 Å². The Morgan fingerprint density at radius 2 is 2.12 bits per heavy atom. The lowest BCUT2D eigenvalue weighted by Gasteiger charge is -2.07. The third kappa shape index (κ3) is 3.38. The molecule has 1 aliphatic rings. The lowest BCUT2D eigenvalue weighted by molar-refractivity contribution is -0.116. The number of halogens is 1. The first kappa shape index (κ1) is 16.9. The summed E-state index contributed by atoms with van der Waals surface area (Å²) in [5.74, 6) is 1.52. The van der Waals surface area contributed by atoms with Gasteiger partial charge in [0, 0.05) is 28.2 Å². The molecule has 132 valence electrons. The van der Waals surface area contributed by atoms with Crippen LogP contribution in [-0.4, -0.2) is 20.6 Å². The van der Waals surface area contributed by atoms with E-state index in [1.54, 1.807) is 36.0 Å². The Morgan fingerprint density at radius 1 is 1.31 bits per heavy atom. The highest BCUT2D eigenvalue weighted by molar-refractivity contribution is 7.98. The molecule has 0 saturated heterocycles. The van der Waals surface area contributed by atoms with Crippen molar-refractivity contribution in [1.29, 1.82) is 0 Å². The van der Waals surface area contributed by atoms with Crippen LogP contribution >= 0.6 is 23.4 Å². The van der Waals surface area contributed by atoms with Crippen molar-refractivity contribution in [3.05, 3.63) is 63.3 Å². The average molecular weight is 389 g/mol. The Kier molecular flexibility index (Phi) is 4.52. The minimum atomic E-state index is -0.371. The number of hydrogen-bond acceptors (Lipinski definition) is 6. The molecule has 0 radical (unpaired) electrons. The van der Waals surface area contributed by atoms with Gasteiger partial charge in [0.1, 0.15) is 6.54 Å². The summed E-state index contributed by atoms with van der Waals surface area (Å²) < 4.78 is 6.39. The summed E-state index contributed by atoms with van der Waals surface area (Å²) in [7, 11) is 0. The van der Waals surface area contributed by atoms with Crippen LogP contribution in [0.4, 0.5) is 5.88 Å². The van der Waals surface area contributed by atoms with Crippen LogP contribution in [0.1, 0.15) is 11.3 Å². The Morgan fingerprint density at radius 3 is 2.88 bits per heavy atom. The van der Waals surface area contributed by atoms with Crippen molar-refractivity contribution in [2.24, 2.45) is 0 Å². The van der Waals surface area contributed by atoms with Gasteiger partial charge in [0.25, 0.3) is 5.56 Å². The molecule has 4 rings (SSSR count). The van der Waals surface area contributed by atoms with E-state index in [-0.39, 0.29) is 18.0 Å². The van der Waals surface area contributed by atoms with Crippen LogP contribution in [0.3, 0.4) is 0 Å². The number of carbonyl (C=O) groups is 1. The summed E-state index contributed by atoms with van der Waals surface area (Å²) in [5, 5.41) is 7.20. The Bertz CT molecular complexity index is 1030. The second kappa shape index (κ2) is 6.97. The number of carbonyl (C=O) groups excluding carboxylic acids is 1. The number of nitrogens with one attached hydrogen (secondary N) is 1. The smallest absolute Gasteiger partial charge is 0.254 e. The van der Waals surface area contributed by atoms with E-state index < -0.39 is 0 Å². The Hall–Kier alpha value is -2.58. The molecule has 0 unspecified atom stereocenters. The molecular formula is C17H13ClN4O3S. The van der Waals surface area contributed by atoms with Crippen LogP contribution in [0.15, 0.2) is 46.0 Å². The van der Waals surface area contributed by atoms with E-state index in [1.807, 2.05) is 0 Å². The van der Waals surface area contributed by atoms with Crippen molar-refractivity contribution < 1.29 is 9.32 Å². The molecule has 0 saturated carbocycles. The number of amides is 1. The largest absolute Gasteiger partial charge is 0.338 e. The molecule has 1 aliphatic heterocycles. The van der Waals surface area contributed by atoms with Crippen molar-refractivity contribution in [3.63, 3.8) is 0 Å². The molecule has 3 heterocycles. The number of nitrogens with zero attached hydrogens (tertiary/aromatic N) is 3. The molecule has 0 aliphatic carbocycles. The summed E-state index contributed by atoms with van der Waals surface area (Å²) in [4.78, 5) is 28.7. The van der Waals surface area contributed by atoms with Crippen LogP contribution < -0.4 is 10.9 Å². The summed E-state index contributed by atoms with van der Waals surface area (Å²) in [6.45, 7) is -0.157. The molecule has 0 fully saturated rings. The van der Waals surface area contributed by atoms with E-state index in [2.05, 4.69) is 15.5 Å². The number of benzene rings is 1. The second-order valence-electron chi connectivity index (χ2n) is 5.73. The number of aromatic nitrogens is 3. The minimum absolute atomic E-state index is 0.157. The predicted molar refractivity (Wildman–Crippen MR) is 99.1 cm³/mol. The maximum absolute atomic E-state index is 12.3. The zero-order chi connectivity index (χ0) is 18.1. The molecule has 7 nitrogen and oxygen atoms in total. The monoisotopic (exact) mass is 388 g/mol. The average Bonchev–Trinajstić information content (AvgIpc) is 3.23.